The highest BCUT2D eigenvalue weighted by molar-refractivity contribution is 5.17. The molecule has 4 saturated carbocycles. The van der Waals surface area contributed by atoms with E-state index in [-0.39, 0.29) is 17.3 Å². The van der Waals surface area contributed by atoms with E-state index < -0.39 is 21.4 Å². The molecule has 20 heavy (non-hydrogen) atoms. The van der Waals surface area contributed by atoms with Crippen molar-refractivity contribution >= 4 is 0 Å². The average Bonchev–Trinajstić information content (AvgIpc) is 2.03. The van der Waals surface area contributed by atoms with Gasteiger partial charge in [0.1, 0.15) is 11.2 Å². The van der Waals surface area contributed by atoms with E-state index in [0.717, 1.165) is 6.42 Å². The molecule has 0 aromatic rings. The summed E-state index contributed by atoms with van der Waals surface area (Å²) in [4.78, 5) is 31.7. The molecular weight excluding hydrogens is 268 g/mol. The lowest BCUT2D eigenvalue weighted by Gasteiger charge is -2.67. The van der Waals surface area contributed by atoms with Gasteiger partial charge in [-0.25, -0.2) is 0 Å². The second-order valence-corrected chi connectivity index (χ2v) is 7.68. The van der Waals surface area contributed by atoms with Gasteiger partial charge < -0.3 is 9.68 Å². The molecule has 0 spiro atoms. The van der Waals surface area contributed by atoms with Crippen LogP contribution in [0.3, 0.4) is 0 Å². The van der Waals surface area contributed by atoms with Crippen LogP contribution >= 0.6 is 0 Å². The van der Waals surface area contributed by atoms with Gasteiger partial charge in [0.2, 0.25) is 0 Å². The van der Waals surface area contributed by atoms with Gasteiger partial charge in [-0.1, -0.05) is 13.8 Å². The van der Waals surface area contributed by atoms with Crippen molar-refractivity contribution < 1.29 is 19.8 Å². The molecule has 8 nitrogen and oxygen atoms in total. The van der Waals surface area contributed by atoms with Crippen molar-refractivity contribution in [1.29, 1.82) is 0 Å². The summed E-state index contributed by atoms with van der Waals surface area (Å²) in [6.45, 7) is 4.05. The molecule has 0 amide bonds. The first-order chi connectivity index (χ1) is 9.08. The molecule has 0 aromatic heterocycles. The standard InChI is InChI=1S/C12H18N2O6/c1-9-3-10(2)6-11(4-9,19-13(15)16)8-12(5-9,7-10)20-14(17)18/h3-8H2,1-2H3. The predicted octanol–water partition coefficient (Wildman–Crippen LogP) is 2.27. The Kier molecular flexibility index (Phi) is 2.36. The van der Waals surface area contributed by atoms with Gasteiger partial charge in [0.25, 0.3) is 10.2 Å². The van der Waals surface area contributed by atoms with E-state index in [1.165, 1.54) is 0 Å². The monoisotopic (exact) mass is 286 g/mol. The van der Waals surface area contributed by atoms with Crippen LogP contribution in [0.2, 0.25) is 0 Å². The predicted molar refractivity (Wildman–Crippen MR) is 65.5 cm³/mol. The van der Waals surface area contributed by atoms with Crippen LogP contribution in [0.5, 0.6) is 0 Å². The molecule has 4 fully saturated rings. The highest BCUT2D eigenvalue weighted by Crippen LogP contribution is 2.69. The summed E-state index contributed by atoms with van der Waals surface area (Å²) in [6, 6.07) is 0. The van der Waals surface area contributed by atoms with Crippen molar-refractivity contribution in [2.75, 3.05) is 0 Å². The maximum atomic E-state index is 10.8. The Morgan fingerprint density at radius 2 is 1.10 bits per heavy atom. The van der Waals surface area contributed by atoms with Crippen molar-refractivity contribution in [3.05, 3.63) is 20.2 Å². The number of hydrogen-bond donors (Lipinski definition) is 0. The zero-order chi connectivity index (χ0) is 14.8. The van der Waals surface area contributed by atoms with E-state index in [0.29, 0.717) is 25.7 Å². The molecule has 0 aliphatic heterocycles. The van der Waals surface area contributed by atoms with Crippen molar-refractivity contribution in [1.82, 2.24) is 0 Å². The molecule has 8 heteroatoms. The molecule has 4 rings (SSSR count). The smallest absolute Gasteiger partial charge is 0.295 e. The lowest BCUT2D eigenvalue weighted by molar-refractivity contribution is -0.804. The Morgan fingerprint density at radius 3 is 1.40 bits per heavy atom. The van der Waals surface area contributed by atoms with Crippen molar-refractivity contribution in [3.63, 3.8) is 0 Å². The molecule has 0 unspecified atom stereocenters. The van der Waals surface area contributed by atoms with Gasteiger partial charge >= 0.3 is 0 Å². The Labute approximate surface area is 115 Å². The highest BCUT2D eigenvalue weighted by atomic mass is 17.0. The van der Waals surface area contributed by atoms with E-state index in [9.17, 15) is 20.2 Å². The van der Waals surface area contributed by atoms with Gasteiger partial charge in [0.05, 0.1) is 0 Å². The number of nitrogens with zero attached hydrogens (tertiary/aromatic N) is 2. The van der Waals surface area contributed by atoms with Gasteiger partial charge in [-0.05, 0) is 42.9 Å². The first-order valence-electron chi connectivity index (χ1n) is 6.75. The quantitative estimate of drug-likeness (QED) is 0.580. The molecule has 0 aromatic carbocycles. The highest BCUT2D eigenvalue weighted by Gasteiger charge is 2.68. The van der Waals surface area contributed by atoms with Gasteiger partial charge in [-0.2, -0.15) is 0 Å². The second-order valence-electron chi connectivity index (χ2n) is 7.68. The summed E-state index contributed by atoms with van der Waals surface area (Å²) in [5.74, 6) is 0. The van der Waals surface area contributed by atoms with Crippen molar-refractivity contribution in [3.8, 4) is 0 Å². The number of rotatable bonds is 4. The summed E-state index contributed by atoms with van der Waals surface area (Å²) in [6.07, 6.45) is 3.41. The SMILES string of the molecule is CC12CC3(C)CC(O[N+](=O)[O-])(C1)CC(O[N+](=O)[O-])(C2)C3. The summed E-state index contributed by atoms with van der Waals surface area (Å²) >= 11 is 0. The fourth-order valence-electron chi connectivity index (χ4n) is 5.99. The molecule has 0 atom stereocenters. The Balaban J connectivity index is 2.00. The molecular formula is C12H18N2O6. The Morgan fingerprint density at radius 1 is 0.750 bits per heavy atom. The summed E-state index contributed by atoms with van der Waals surface area (Å²) in [5.41, 5.74) is -2.26. The number of hydrogen-bond acceptors (Lipinski definition) is 6. The maximum absolute atomic E-state index is 10.8. The van der Waals surface area contributed by atoms with Crippen LogP contribution in [0.4, 0.5) is 0 Å². The maximum Gasteiger partial charge on any atom is 0.295 e. The van der Waals surface area contributed by atoms with Crippen LogP contribution in [-0.4, -0.2) is 21.4 Å². The van der Waals surface area contributed by atoms with Crippen LogP contribution in [0.15, 0.2) is 0 Å². The lowest BCUT2D eigenvalue weighted by Crippen LogP contribution is -2.67. The van der Waals surface area contributed by atoms with Gasteiger partial charge in [0.15, 0.2) is 0 Å². The van der Waals surface area contributed by atoms with E-state index in [1.54, 1.807) is 0 Å². The van der Waals surface area contributed by atoms with Crippen LogP contribution < -0.4 is 0 Å². The minimum atomic E-state index is -0.933. The fourth-order valence-corrected chi connectivity index (χ4v) is 5.99. The van der Waals surface area contributed by atoms with Crippen LogP contribution in [0.25, 0.3) is 0 Å². The third-order valence-electron chi connectivity index (χ3n) is 5.03. The molecule has 0 saturated heterocycles. The van der Waals surface area contributed by atoms with E-state index in [1.807, 2.05) is 13.8 Å². The van der Waals surface area contributed by atoms with E-state index >= 15 is 0 Å². The molecule has 4 aliphatic rings. The largest absolute Gasteiger partial charge is 0.307 e. The zero-order valence-electron chi connectivity index (χ0n) is 11.6. The molecule has 0 heterocycles. The minimum absolute atomic E-state index is 0.199. The third-order valence-corrected chi connectivity index (χ3v) is 5.03. The topological polar surface area (TPSA) is 105 Å². The fraction of sp³-hybridized carbons (Fsp3) is 1.00. The normalized spacial score (nSPS) is 48.9. The van der Waals surface area contributed by atoms with E-state index in [2.05, 4.69) is 0 Å². The van der Waals surface area contributed by atoms with Crippen LogP contribution in [0, 0.1) is 31.1 Å². The molecule has 0 radical (unpaired) electrons. The summed E-state index contributed by atoms with van der Waals surface area (Å²) in [5, 5.41) is 20.1. The lowest BCUT2D eigenvalue weighted by atomic mass is 9.42. The third kappa shape index (κ3) is 1.97. The average molecular weight is 286 g/mol. The summed E-state index contributed by atoms with van der Waals surface area (Å²) in [7, 11) is 0. The zero-order valence-corrected chi connectivity index (χ0v) is 11.6. The Bertz CT molecular complexity index is 436. The molecule has 0 N–H and O–H groups in total. The van der Waals surface area contributed by atoms with Gasteiger partial charge in [-0.15, -0.1) is 20.2 Å². The van der Waals surface area contributed by atoms with E-state index in [4.69, 9.17) is 9.68 Å². The van der Waals surface area contributed by atoms with Gasteiger partial charge in [0, 0.05) is 6.42 Å². The van der Waals surface area contributed by atoms with Crippen LogP contribution in [-0.2, 0) is 9.68 Å². The molecule has 4 aliphatic carbocycles. The van der Waals surface area contributed by atoms with Crippen LogP contribution in [0.1, 0.15) is 52.4 Å². The minimum Gasteiger partial charge on any atom is -0.307 e. The summed E-state index contributed by atoms with van der Waals surface area (Å²) < 4.78 is 0. The van der Waals surface area contributed by atoms with Crippen molar-refractivity contribution in [2.24, 2.45) is 10.8 Å². The molecule has 4 bridgehead atoms. The Hall–Kier alpha value is -1.60. The van der Waals surface area contributed by atoms with Gasteiger partial charge in [-0.3, -0.25) is 0 Å². The first-order valence-corrected chi connectivity index (χ1v) is 6.75. The second kappa shape index (κ2) is 3.53. The van der Waals surface area contributed by atoms with Crippen molar-refractivity contribution in [2.45, 2.75) is 63.6 Å². The first kappa shape index (κ1) is 13.4. The molecule has 112 valence electrons.